The largest absolute Gasteiger partial charge is 0.419 e. The summed E-state index contributed by atoms with van der Waals surface area (Å²) < 4.78 is 36.4. The van der Waals surface area contributed by atoms with E-state index < -0.39 is 15.8 Å². The van der Waals surface area contributed by atoms with Gasteiger partial charge in [0, 0.05) is 45.2 Å². The Morgan fingerprint density at radius 3 is 2.59 bits per heavy atom. The van der Waals surface area contributed by atoms with E-state index in [1.54, 1.807) is 18.0 Å². The number of oxazole rings is 1. The van der Waals surface area contributed by atoms with Crippen molar-refractivity contribution in [3.8, 4) is 0 Å². The van der Waals surface area contributed by atoms with Crippen molar-refractivity contribution in [2.75, 3.05) is 24.5 Å². The maximum absolute atomic E-state index is 13.3. The second-order valence-electron chi connectivity index (χ2n) is 8.78. The topological polar surface area (TPSA) is 111 Å². The Kier molecular flexibility index (Phi) is 4.68. The summed E-state index contributed by atoms with van der Waals surface area (Å²) >= 11 is 0. The number of hydrogen-bond acceptors (Lipinski definition) is 6. The Labute approximate surface area is 195 Å². The number of anilines is 1. The lowest BCUT2D eigenvalue weighted by Crippen LogP contribution is -2.44. The highest BCUT2D eigenvalue weighted by Crippen LogP contribution is 2.31. The van der Waals surface area contributed by atoms with E-state index in [1.807, 2.05) is 24.3 Å². The minimum Gasteiger partial charge on any atom is -0.408 e. The van der Waals surface area contributed by atoms with Gasteiger partial charge < -0.3 is 8.98 Å². The molecule has 2 aromatic heterocycles. The number of aryl methyl sites for hydroxylation is 1. The van der Waals surface area contributed by atoms with Gasteiger partial charge in [-0.25, -0.2) is 18.2 Å². The van der Waals surface area contributed by atoms with Crippen LogP contribution in [0.5, 0.6) is 0 Å². The molecule has 2 aliphatic rings. The molecule has 2 aliphatic heterocycles. The number of carbonyl (C=O) groups excluding carboxylic acids is 1. The molecule has 1 amide bonds. The molecule has 176 valence electrons. The average molecular weight is 482 g/mol. The van der Waals surface area contributed by atoms with Crippen LogP contribution in [0, 0.1) is 5.92 Å². The number of rotatable bonds is 3. The molecule has 1 saturated heterocycles. The first-order valence-electron chi connectivity index (χ1n) is 11.2. The van der Waals surface area contributed by atoms with E-state index in [2.05, 4.69) is 9.55 Å². The van der Waals surface area contributed by atoms with E-state index in [9.17, 15) is 18.0 Å². The first-order valence-corrected chi connectivity index (χ1v) is 12.6. The first-order chi connectivity index (χ1) is 16.3. The number of sulfonamides is 1. The number of piperidine rings is 1. The summed E-state index contributed by atoms with van der Waals surface area (Å²) in [7, 11) is -2.20. The van der Waals surface area contributed by atoms with Gasteiger partial charge in [0.2, 0.25) is 21.9 Å². The first kappa shape index (κ1) is 21.1. The molecular weight excluding hydrogens is 458 g/mol. The van der Waals surface area contributed by atoms with Gasteiger partial charge in [0.05, 0.1) is 21.4 Å². The predicted molar refractivity (Wildman–Crippen MR) is 125 cm³/mol. The summed E-state index contributed by atoms with van der Waals surface area (Å²) in [6, 6.07) is 12.3. The van der Waals surface area contributed by atoms with Gasteiger partial charge in [0.25, 0.3) is 0 Å². The lowest BCUT2D eigenvalue weighted by molar-refractivity contribution is -0.123. The van der Waals surface area contributed by atoms with Crippen molar-refractivity contribution >= 4 is 44.0 Å². The van der Waals surface area contributed by atoms with E-state index in [0.29, 0.717) is 37.4 Å². The number of hydrogen-bond donors (Lipinski definition) is 0. The molecule has 2 aromatic carbocycles. The summed E-state index contributed by atoms with van der Waals surface area (Å²) in [5.41, 5.74) is 2.64. The smallest absolute Gasteiger partial charge is 0.408 e. The lowest BCUT2D eigenvalue weighted by Gasteiger charge is -2.32. The van der Waals surface area contributed by atoms with E-state index >= 15 is 0 Å². The van der Waals surface area contributed by atoms with Crippen LogP contribution in [0.3, 0.4) is 0 Å². The van der Waals surface area contributed by atoms with Crippen molar-refractivity contribution in [1.29, 1.82) is 0 Å². The number of carbonyl (C=O) groups is 1. The fourth-order valence-electron chi connectivity index (χ4n) is 4.99. The van der Waals surface area contributed by atoms with Gasteiger partial charge in [0.1, 0.15) is 0 Å². The number of para-hydroxylation sites is 2. The van der Waals surface area contributed by atoms with Crippen LogP contribution in [0.2, 0.25) is 0 Å². The van der Waals surface area contributed by atoms with Crippen LogP contribution in [0.1, 0.15) is 12.8 Å². The molecule has 0 saturated carbocycles. The second kappa shape index (κ2) is 7.54. The molecule has 0 radical (unpaired) electrons. The Hall–Kier alpha value is -3.44. The summed E-state index contributed by atoms with van der Waals surface area (Å²) in [6.07, 6.45) is 0.884. The molecular formula is C23H23N5O5S. The Balaban J connectivity index is 1.18. The van der Waals surface area contributed by atoms with Gasteiger partial charge in [-0.3, -0.25) is 14.3 Å². The van der Waals surface area contributed by atoms with Gasteiger partial charge >= 0.3 is 5.76 Å². The number of nitrogens with zero attached hydrogens (tertiary/aromatic N) is 5. The third-order valence-electron chi connectivity index (χ3n) is 6.89. The molecule has 4 heterocycles. The number of fused-ring (bicyclic) bond motifs is 4. The molecule has 4 aromatic rings. The molecule has 0 atom stereocenters. The van der Waals surface area contributed by atoms with Gasteiger partial charge in [-0.15, -0.1) is 0 Å². The molecule has 0 N–H and O–H groups in total. The van der Waals surface area contributed by atoms with E-state index in [0.717, 1.165) is 11.0 Å². The molecule has 0 bridgehead atoms. The molecule has 1 fully saturated rings. The van der Waals surface area contributed by atoms with Crippen LogP contribution in [-0.4, -0.2) is 52.4 Å². The van der Waals surface area contributed by atoms with Crippen molar-refractivity contribution < 1.29 is 17.6 Å². The monoisotopic (exact) mass is 481 g/mol. The molecule has 0 unspecified atom stereocenters. The number of aromatic nitrogens is 3. The average Bonchev–Trinajstić information content (AvgIpc) is 3.50. The summed E-state index contributed by atoms with van der Waals surface area (Å²) in [4.78, 5) is 31.5. The van der Waals surface area contributed by atoms with Gasteiger partial charge in [-0.1, -0.05) is 12.1 Å². The highest BCUT2D eigenvalue weighted by atomic mass is 32.2. The fraction of sp³-hybridized carbons (Fsp3) is 0.348. The fourth-order valence-corrected chi connectivity index (χ4v) is 6.47. The lowest BCUT2D eigenvalue weighted by atomic mass is 9.96. The zero-order valence-electron chi connectivity index (χ0n) is 18.5. The quantitative estimate of drug-likeness (QED) is 0.442. The Morgan fingerprint density at radius 1 is 1.03 bits per heavy atom. The van der Waals surface area contributed by atoms with E-state index in [1.165, 1.54) is 21.0 Å². The molecule has 0 spiro atoms. The van der Waals surface area contributed by atoms with Crippen molar-refractivity contribution in [2.24, 2.45) is 13.0 Å². The van der Waals surface area contributed by atoms with Gasteiger partial charge in [-0.2, -0.15) is 4.31 Å². The number of benzene rings is 2. The van der Waals surface area contributed by atoms with E-state index in [-0.39, 0.29) is 35.4 Å². The standard InChI is InChI=1S/C23H23N5O5S/c1-25-19-7-6-16(14-20(19)33-23(25)30)34(31,32)26-10-8-15(9-11-26)21(29)28-13-12-27-18-5-3-2-4-17(18)24-22(27)28/h2-7,14-15H,8-13H2,1H3. The molecule has 6 rings (SSSR count). The van der Waals surface area contributed by atoms with Crippen molar-refractivity contribution in [1.82, 2.24) is 18.4 Å². The normalized spacial score (nSPS) is 17.6. The van der Waals surface area contributed by atoms with Crippen LogP contribution in [-0.2, 0) is 28.4 Å². The Morgan fingerprint density at radius 2 is 1.79 bits per heavy atom. The van der Waals surface area contributed by atoms with Crippen molar-refractivity contribution in [3.05, 3.63) is 53.0 Å². The SMILES string of the molecule is Cn1c(=O)oc2cc(S(=O)(=O)N3CCC(C(=O)N4CCn5c4nc4ccccc45)CC3)ccc21. The molecule has 10 nitrogen and oxygen atoms in total. The van der Waals surface area contributed by atoms with Crippen LogP contribution < -0.4 is 10.7 Å². The van der Waals surface area contributed by atoms with Crippen LogP contribution in [0.25, 0.3) is 22.1 Å². The van der Waals surface area contributed by atoms with Crippen molar-refractivity contribution in [2.45, 2.75) is 24.3 Å². The summed E-state index contributed by atoms with van der Waals surface area (Å²) in [5, 5.41) is 0. The van der Waals surface area contributed by atoms with Crippen LogP contribution in [0.4, 0.5) is 5.95 Å². The van der Waals surface area contributed by atoms with Gasteiger partial charge in [0.15, 0.2) is 5.58 Å². The van der Waals surface area contributed by atoms with Crippen LogP contribution >= 0.6 is 0 Å². The van der Waals surface area contributed by atoms with Crippen LogP contribution in [0.15, 0.2) is 56.6 Å². The maximum atomic E-state index is 13.3. The number of amides is 1. The minimum atomic E-state index is -3.77. The van der Waals surface area contributed by atoms with E-state index in [4.69, 9.17) is 4.42 Å². The third-order valence-corrected chi connectivity index (χ3v) is 8.79. The Bertz CT molecular complexity index is 1610. The summed E-state index contributed by atoms with van der Waals surface area (Å²) in [5.74, 6) is -0.135. The summed E-state index contributed by atoms with van der Waals surface area (Å²) in [6.45, 7) is 1.78. The predicted octanol–water partition coefficient (Wildman–Crippen LogP) is 1.93. The zero-order valence-corrected chi connectivity index (χ0v) is 19.4. The third kappa shape index (κ3) is 3.11. The maximum Gasteiger partial charge on any atom is 0.419 e. The molecule has 34 heavy (non-hydrogen) atoms. The van der Waals surface area contributed by atoms with Crippen molar-refractivity contribution in [3.63, 3.8) is 0 Å². The second-order valence-corrected chi connectivity index (χ2v) is 10.7. The highest BCUT2D eigenvalue weighted by molar-refractivity contribution is 7.89. The minimum absolute atomic E-state index is 0.00131. The molecule has 0 aliphatic carbocycles. The number of imidazole rings is 1. The van der Waals surface area contributed by atoms with Gasteiger partial charge in [-0.05, 0) is 37.1 Å². The molecule has 11 heteroatoms. The zero-order chi connectivity index (χ0) is 23.6. The highest BCUT2D eigenvalue weighted by Gasteiger charge is 2.37.